The van der Waals surface area contributed by atoms with Gasteiger partial charge >= 0.3 is 0 Å². The summed E-state index contributed by atoms with van der Waals surface area (Å²) in [5, 5.41) is 3.47. The molecule has 13 heavy (non-hydrogen) atoms. The number of nitrogens with one attached hydrogen (secondary N) is 2. The summed E-state index contributed by atoms with van der Waals surface area (Å²) in [6, 6.07) is 0.654. The van der Waals surface area contributed by atoms with Crippen LogP contribution < -0.4 is 5.32 Å². The summed E-state index contributed by atoms with van der Waals surface area (Å²) in [6.07, 6.45) is 1.75. The van der Waals surface area contributed by atoms with Gasteiger partial charge in [-0.25, -0.2) is 4.98 Å². The first kappa shape index (κ1) is 8.72. The second-order valence-electron chi connectivity index (χ2n) is 3.77. The van der Waals surface area contributed by atoms with Crippen LogP contribution in [0.1, 0.15) is 11.4 Å². The lowest BCUT2D eigenvalue weighted by atomic mass is 10.1. The van der Waals surface area contributed by atoms with Gasteiger partial charge in [0.15, 0.2) is 0 Å². The molecule has 0 saturated carbocycles. The number of hydrogen-bond acceptors (Lipinski definition) is 3. The second kappa shape index (κ2) is 3.47. The lowest BCUT2D eigenvalue weighted by Gasteiger charge is -2.36. The van der Waals surface area contributed by atoms with Gasteiger partial charge in [0, 0.05) is 31.4 Å². The van der Waals surface area contributed by atoms with Gasteiger partial charge in [-0.2, -0.15) is 0 Å². The van der Waals surface area contributed by atoms with E-state index in [9.17, 15) is 0 Å². The molecule has 1 aliphatic heterocycles. The molecule has 0 atom stereocenters. The highest BCUT2D eigenvalue weighted by molar-refractivity contribution is 5.08. The Bertz CT molecular complexity index is 275. The number of rotatable bonds is 3. The van der Waals surface area contributed by atoms with Crippen LogP contribution >= 0.6 is 0 Å². The van der Waals surface area contributed by atoms with Crippen molar-refractivity contribution in [3.8, 4) is 0 Å². The van der Waals surface area contributed by atoms with Crippen molar-refractivity contribution in [2.75, 3.05) is 20.1 Å². The highest BCUT2D eigenvalue weighted by atomic mass is 15.2. The zero-order valence-electron chi connectivity index (χ0n) is 8.17. The van der Waals surface area contributed by atoms with Crippen molar-refractivity contribution in [3.05, 3.63) is 17.7 Å². The molecule has 0 radical (unpaired) electrons. The van der Waals surface area contributed by atoms with Crippen LogP contribution in [0.15, 0.2) is 6.33 Å². The van der Waals surface area contributed by atoms with Crippen molar-refractivity contribution in [3.63, 3.8) is 0 Å². The normalized spacial score (nSPS) is 18.9. The maximum Gasteiger partial charge on any atom is 0.0925 e. The first-order chi connectivity index (χ1) is 6.25. The van der Waals surface area contributed by atoms with Crippen molar-refractivity contribution in [2.45, 2.75) is 19.5 Å². The fourth-order valence-electron chi connectivity index (χ4n) is 1.63. The van der Waals surface area contributed by atoms with E-state index in [-0.39, 0.29) is 0 Å². The number of aryl methyl sites for hydroxylation is 1. The molecule has 2 N–H and O–H groups in total. The van der Waals surface area contributed by atoms with E-state index in [0.29, 0.717) is 6.04 Å². The van der Waals surface area contributed by atoms with E-state index in [0.717, 1.165) is 25.3 Å². The predicted octanol–water partition coefficient (Wildman–Crippen LogP) is 0.122. The zero-order valence-corrected chi connectivity index (χ0v) is 8.17. The lowest BCUT2D eigenvalue weighted by Crippen LogP contribution is -2.55. The number of likely N-dealkylation sites (N-methyl/N-ethyl adjacent to an activating group) is 1. The van der Waals surface area contributed by atoms with E-state index in [2.05, 4.69) is 34.2 Å². The van der Waals surface area contributed by atoms with Crippen LogP contribution in [0.5, 0.6) is 0 Å². The summed E-state index contributed by atoms with van der Waals surface area (Å²) in [5.41, 5.74) is 2.30. The second-order valence-corrected chi connectivity index (χ2v) is 3.77. The van der Waals surface area contributed by atoms with Crippen LogP contribution in [0.3, 0.4) is 0 Å². The largest absolute Gasteiger partial charge is 0.348 e. The number of aromatic nitrogens is 2. The zero-order chi connectivity index (χ0) is 9.26. The molecule has 0 bridgehead atoms. The Kier molecular flexibility index (Phi) is 2.33. The van der Waals surface area contributed by atoms with Gasteiger partial charge in [0.25, 0.3) is 0 Å². The van der Waals surface area contributed by atoms with Gasteiger partial charge < -0.3 is 15.2 Å². The smallest absolute Gasteiger partial charge is 0.0925 e. The number of likely N-dealkylation sites (tertiary alicyclic amines) is 1. The van der Waals surface area contributed by atoms with Gasteiger partial charge in [0.1, 0.15) is 0 Å². The Morgan fingerprint density at radius 2 is 2.46 bits per heavy atom. The van der Waals surface area contributed by atoms with Crippen LogP contribution in [0, 0.1) is 6.92 Å². The fraction of sp³-hybridized carbons (Fsp3) is 0.667. The van der Waals surface area contributed by atoms with E-state index in [1.54, 1.807) is 6.33 Å². The summed E-state index contributed by atoms with van der Waals surface area (Å²) < 4.78 is 0. The third kappa shape index (κ3) is 1.89. The molecule has 0 unspecified atom stereocenters. The van der Waals surface area contributed by atoms with Crippen LogP contribution in [0.2, 0.25) is 0 Å². The van der Waals surface area contributed by atoms with Gasteiger partial charge in [-0.15, -0.1) is 0 Å². The molecule has 4 heteroatoms. The monoisotopic (exact) mass is 180 g/mol. The van der Waals surface area contributed by atoms with Crippen LogP contribution in [-0.2, 0) is 6.54 Å². The lowest BCUT2D eigenvalue weighted by molar-refractivity contribution is 0.160. The highest BCUT2D eigenvalue weighted by Gasteiger charge is 2.22. The molecule has 2 rings (SSSR count). The molecule has 1 aromatic rings. The summed E-state index contributed by atoms with van der Waals surface area (Å²) in [5.74, 6) is 0. The van der Waals surface area contributed by atoms with Crippen molar-refractivity contribution in [1.82, 2.24) is 20.2 Å². The third-order valence-corrected chi connectivity index (χ3v) is 2.56. The minimum absolute atomic E-state index is 0.654. The molecule has 1 aromatic heterocycles. The molecule has 1 fully saturated rings. The van der Waals surface area contributed by atoms with Crippen molar-refractivity contribution < 1.29 is 0 Å². The first-order valence-corrected chi connectivity index (χ1v) is 4.66. The Labute approximate surface area is 78.4 Å². The van der Waals surface area contributed by atoms with Crippen LogP contribution in [0.25, 0.3) is 0 Å². The van der Waals surface area contributed by atoms with Gasteiger partial charge in [-0.3, -0.25) is 0 Å². The number of hydrogen-bond donors (Lipinski definition) is 2. The molecule has 2 heterocycles. The minimum Gasteiger partial charge on any atom is -0.348 e. The third-order valence-electron chi connectivity index (χ3n) is 2.56. The highest BCUT2D eigenvalue weighted by Crippen LogP contribution is 2.06. The van der Waals surface area contributed by atoms with Crippen LogP contribution in [0.4, 0.5) is 0 Å². The predicted molar refractivity (Wildman–Crippen MR) is 51.4 cm³/mol. The van der Waals surface area contributed by atoms with E-state index < -0.39 is 0 Å². The molecular weight excluding hydrogens is 164 g/mol. The van der Waals surface area contributed by atoms with Crippen LogP contribution in [-0.4, -0.2) is 41.0 Å². The maximum atomic E-state index is 4.23. The average molecular weight is 180 g/mol. The Hall–Kier alpha value is -0.870. The Morgan fingerprint density at radius 3 is 3.00 bits per heavy atom. The maximum absolute atomic E-state index is 4.23. The first-order valence-electron chi connectivity index (χ1n) is 4.66. The van der Waals surface area contributed by atoms with E-state index in [4.69, 9.17) is 0 Å². The molecular formula is C9H16N4. The summed E-state index contributed by atoms with van der Waals surface area (Å²) in [7, 11) is 2.14. The number of aromatic amines is 1. The van der Waals surface area contributed by atoms with Gasteiger partial charge in [-0.05, 0) is 14.0 Å². The average Bonchev–Trinajstić information content (AvgIpc) is 2.43. The fourth-order valence-corrected chi connectivity index (χ4v) is 1.63. The molecule has 0 aliphatic carbocycles. The molecule has 0 amide bonds. The van der Waals surface area contributed by atoms with Crippen molar-refractivity contribution in [2.24, 2.45) is 0 Å². The molecule has 1 saturated heterocycles. The number of imidazole rings is 1. The van der Waals surface area contributed by atoms with Crippen molar-refractivity contribution >= 4 is 0 Å². The quantitative estimate of drug-likeness (QED) is 0.694. The number of H-pyrrole nitrogens is 1. The van der Waals surface area contributed by atoms with E-state index in [1.807, 2.05) is 0 Å². The summed E-state index contributed by atoms with van der Waals surface area (Å²) in [6.45, 7) is 5.25. The molecule has 0 spiro atoms. The molecule has 0 aromatic carbocycles. The van der Waals surface area contributed by atoms with Crippen molar-refractivity contribution in [1.29, 1.82) is 0 Å². The summed E-state index contributed by atoms with van der Waals surface area (Å²) >= 11 is 0. The van der Waals surface area contributed by atoms with Gasteiger partial charge in [0.2, 0.25) is 0 Å². The van der Waals surface area contributed by atoms with Gasteiger partial charge in [-0.1, -0.05) is 0 Å². The molecule has 4 nitrogen and oxygen atoms in total. The molecule has 72 valence electrons. The van der Waals surface area contributed by atoms with Gasteiger partial charge in [0.05, 0.1) is 12.0 Å². The van der Waals surface area contributed by atoms with E-state index >= 15 is 0 Å². The minimum atomic E-state index is 0.654. The summed E-state index contributed by atoms with van der Waals surface area (Å²) in [4.78, 5) is 9.61. The SMILES string of the molecule is Cc1[nH]cnc1CNC1CN(C)C1. The Balaban J connectivity index is 1.77. The molecule has 1 aliphatic rings. The topological polar surface area (TPSA) is 44.0 Å². The standard InChI is InChI=1S/C9H16N4/c1-7-9(12-6-11-7)3-10-8-4-13(2)5-8/h6,8,10H,3-5H2,1-2H3,(H,11,12). The Morgan fingerprint density at radius 1 is 1.69 bits per heavy atom. The van der Waals surface area contributed by atoms with E-state index in [1.165, 1.54) is 5.69 Å². The number of nitrogens with zero attached hydrogens (tertiary/aromatic N) is 2.